The van der Waals surface area contributed by atoms with E-state index in [0.717, 1.165) is 13.3 Å². The first kappa shape index (κ1) is 13.9. The van der Waals surface area contributed by atoms with Crippen molar-refractivity contribution in [2.45, 2.75) is 45.0 Å². The summed E-state index contributed by atoms with van der Waals surface area (Å²) >= 11 is 0. The number of unbranched alkanes of at least 4 members (excludes halogenated alkanes) is 1. The van der Waals surface area contributed by atoms with Crippen molar-refractivity contribution in [3.63, 3.8) is 0 Å². The molecule has 0 aromatic heterocycles. The van der Waals surface area contributed by atoms with Crippen molar-refractivity contribution in [2.75, 3.05) is 0 Å². The molecule has 0 spiro atoms. The first-order valence-electron chi connectivity index (χ1n) is 4.70. The highest BCUT2D eigenvalue weighted by molar-refractivity contribution is 5.77. The second-order valence-electron chi connectivity index (χ2n) is 3.27. The Morgan fingerprint density at radius 1 is 1.40 bits per heavy atom. The number of rotatable bonds is 6. The minimum Gasteiger partial charge on any atom is -0.477 e. The van der Waals surface area contributed by atoms with Crippen LogP contribution < -0.4 is 0 Å². The molecule has 0 saturated carbocycles. The molecule has 0 heterocycles. The van der Waals surface area contributed by atoms with Crippen LogP contribution in [0, 0.1) is 0 Å². The zero-order chi connectivity index (χ0) is 12.1. The summed E-state index contributed by atoms with van der Waals surface area (Å²) in [6, 6.07) is 0. The lowest BCUT2D eigenvalue weighted by Crippen LogP contribution is -2.49. The third-order valence-corrected chi connectivity index (χ3v) is 1.92. The molecule has 1 atom stereocenters. The van der Waals surface area contributed by atoms with E-state index in [9.17, 15) is 9.59 Å². The molecule has 0 saturated heterocycles. The van der Waals surface area contributed by atoms with E-state index in [1.54, 1.807) is 0 Å². The molecule has 3 N–H and O–H groups in total. The monoisotopic (exact) mass is 220 g/mol. The van der Waals surface area contributed by atoms with Gasteiger partial charge in [-0.3, -0.25) is 4.79 Å². The fourth-order valence-corrected chi connectivity index (χ4v) is 0.833. The van der Waals surface area contributed by atoms with Gasteiger partial charge >= 0.3 is 17.7 Å². The number of aliphatic hydroxyl groups is 2. The van der Waals surface area contributed by atoms with Gasteiger partial charge in [-0.25, -0.2) is 4.79 Å². The molecule has 6 nitrogen and oxygen atoms in total. The van der Waals surface area contributed by atoms with E-state index >= 15 is 0 Å². The maximum atomic E-state index is 11.0. The number of carboxylic acids is 1. The summed E-state index contributed by atoms with van der Waals surface area (Å²) < 4.78 is 4.56. The molecule has 0 aromatic rings. The number of carboxylic acid groups (broad SMARTS) is 1. The van der Waals surface area contributed by atoms with Crippen LogP contribution in [0.5, 0.6) is 0 Å². The Kier molecular flexibility index (Phi) is 5.24. The molecular weight excluding hydrogens is 204 g/mol. The van der Waals surface area contributed by atoms with Gasteiger partial charge in [0.25, 0.3) is 0 Å². The maximum absolute atomic E-state index is 11.0. The van der Waals surface area contributed by atoms with Gasteiger partial charge in [-0.2, -0.15) is 0 Å². The number of carbonyl (C=O) groups excluding carboxylic acids is 1. The summed E-state index contributed by atoms with van der Waals surface area (Å²) in [6.45, 7) is 2.99. The Morgan fingerprint density at radius 2 is 1.93 bits per heavy atom. The molecule has 6 heteroatoms. The fraction of sp³-hybridized carbons (Fsp3) is 0.778. The molecule has 0 rings (SSSR count). The van der Waals surface area contributed by atoms with Crippen molar-refractivity contribution in [1.82, 2.24) is 0 Å². The first-order valence-corrected chi connectivity index (χ1v) is 4.70. The van der Waals surface area contributed by atoms with E-state index in [-0.39, 0.29) is 6.42 Å². The summed E-state index contributed by atoms with van der Waals surface area (Å²) in [4.78, 5) is 21.4. The SMILES string of the molecule is CCCCC(=O)OC(C)C(O)(O)C(=O)O. The van der Waals surface area contributed by atoms with Crippen LogP contribution in [0.1, 0.15) is 33.1 Å². The van der Waals surface area contributed by atoms with Gasteiger partial charge in [0.1, 0.15) is 0 Å². The Balaban J connectivity index is 4.18. The third-order valence-electron chi connectivity index (χ3n) is 1.92. The van der Waals surface area contributed by atoms with Crippen LogP contribution in [0.3, 0.4) is 0 Å². The number of ether oxygens (including phenoxy) is 1. The van der Waals surface area contributed by atoms with Crippen LogP contribution in [-0.2, 0) is 14.3 Å². The summed E-state index contributed by atoms with van der Waals surface area (Å²) in [5, 5.41) is 26.4. The van der Waals surface area contributed by atoms with Crippen LogP contribution >= 0.6 is 0 Å². The molecule has 1 unspecified atom stereocenters. The predicted molar refractivity (Wildman–Crippen MR) is 49.9 cm³/mol. The van der Waals surface area contributed by atoms with E-state index in [1.807, 2.05) is 6.92 Å². The Morgan fingerprint density at radius 3 is 2.33 bits per heavy atom. The van der Waals surface area contributed by atoms with Crippen LogP contribution in [0.4, 0.5) is 0 Å². The summed E-state index contributed by atoms with van der Waals surface area (Å²) in [7, 11) is 0. The third kappa shape index (κ3) is 4.26. The Bertz CT molecular complexity index is 235. The van der Waals surface area contributed by atoms with Crippen molar-refractivity contribution >= 4 is 11.9 Å². The van der Waals surface area contributed by atoms with Crippen LogP contribution in [0.15, 0.2) is 0 Å². The lowest BCUT2D eigenvalue weighted by Gasteiger charge is -2.23. The molecule has 0 bridgehead atoms. The number of aliphatic carboxylic acids is 1. The minimum absolute atomic E-state index is 0.135. The van der Waals surface area contributed by atoms with E-state index < -0.39 is 23.8 Å². The molecular formula is C9H16O6. The van der Waals surface area contributed by atoms with Crippen LogP contribution in [-0.4, -0.2) is 39.1 Å². The highest BCUT2D eigenvalue weighted by Crippen LogP contribution is 2.12. The average molecular weight is 220 g/mol. The van der Waals surface area contributed by atoms with Gasteiger partial charge in [-0.15, -0.1) is 0 Å². The molecule has 0 radical (unpaired) electrons. The molecule has 0 aliphatic carbocycles. The van der Waals surface area contributed by atoms with Gasteiger partial charge < -0.3 is 20.1 Å². The highest BCUT2D eigenvalue weighted by Gasteiger charge is 2.42. The molecule has 0 amide bonds. The number of carbonyl (C=O) groups is 2. The first-order chi connectivity index (χ1) is 6.82. The molecule has 0 aromatic carbocycles. The van der Waals surface area contributed by atoms with Crippen molar-refractivity contribution in [2.24, 2.45) is 0 Å². The smallest absolute Gasteiger partial charge is 0.368 e. The summed E-state index contributed by atoms with van der Waals surface area (Å²) in [5.41, 5.74) is 0. The zero-order valence-electron chi connectivity index (χ0n) is 8.77. The van der Waals surface area contributed by atoms with Gasteiger partial charge in [-0.1, -0.05) is 13.3 Å². The summed E-state index contributed by atoms with van der Waals surface area (Å²) in [6.07, 6.45) is 0.0459. The summed E-state index contributed by atoms with van der Waals surface area (Å²) in [5.74, 6) is -5.53. The standard InChI is InChI=1S/C9H16O6/c1-3-4-5-7(10)15-6(2)9(13,14)8(11)12/h6,13-14H,3-5H2,1-2H3,(H,11,12). The highest BCUT2D eigenvalue weighted by atomic mass is 16.6. The van der Waals surface area contributed by atoms with Gasteiger partial charge in [0.15, 0.2) is 6.10 Å². The second kappa shape index (κ2) is 5.67. The second-order valence-corrected chi connectivity index (χ2v) is 3.27. The number of hydrogen-bond donors (Lipinski definition) is 3. The van der Waals surface area contributed by atoms with Gasteiger partial charge in [-0.05, 0) is 13.3 Å². The normalized spacial score (nSPS) is 13.3. The van der Waals surface area contributed by atoms with E-state index in [1.165, 1.54) is 0 Å². The lowest BCUT2D eigenvalue weighted by molar-refractivity contribution is -0.239. The van der Waals surface area contributed by atoms with Gasteiger partial charge in [0.05, 0.1) is 0 Å². The van der Waals surface area contributed by atoms with E-state index in [2.05, 4.69) is 4.74 Å². The lowest BCUT2D eigenvalue weighted by atomic mass is 10.1. The molecule has 88 valence electrons. The minimum atomic E-state index is -3.04. The van der Waals surface area contributed by atoms with Crippen LogP contribution in [0.25, 0.3) is 0 Å². The molecule has 0 aliphatic rings. The topological polar surface area (TPSA) is 104 Å². The predicted octanol–water partition coefficient (Wildman–Crippen LogP) is -0.126. The maximum Gasteiger partial charge on any atom is 0.368 e. The number of esters is 1. The zero-order valence-corrected chi connectivity index (χ0v) is 8.77. The number of hydrogen-bond acceptors (Lipinski definition) is 5. The van der Waals surface area contributed by atoms with E-state index in [4.69, 9.17) is 15.3 Å². The largest absolute Gasteiger partial charge is 0.477 e. The Labute approximate surface area is 87.5 Å². The van der Waals surface area contributed by atoms with Gasteiger partial charge in [0, 0.05) is 6.42 Å². The van der Waals surface area contributed by atoms with Crippen molar-refractivity contribution in [1.29, 1.82) is 0 Å². The Hall–Kier alpha value is -1.14. The van der Waals surface area contributed by atoms with E-state index in [0.29, 0.717) is 6.42 Å². The molecule has 15 heavy (non-hydrogen) atoms. The van der Waals surface area contributed by atoms with Crippen molar-refractivity contribution in [3.8, 4) is 0 Å². The van der Waals surface area contributed by atoms with Crippen molar-refractivity contribution in [3.05, 3.63) is 0 Å². The average Bonchev–Trinajstić information content (AvgIpc) is 2.14. The van der Waals surface area contributed by atoms with Gasteiger partial charge in [0.2, 0.25) is 0 Å². The quantitative estimate of drug-likeness (QED) is 0.425. The van der Waals surface area contributed by atoms with Crippen LogP contribution in [0.2, 0.25) is 0 Å². The molecule has 0 fully saturated rings. The molecule has 0 aliphatic heterocycles. The van der Waals surface area contributed by atoms with Crippen molar-refractivity contribution < 1.29 is 29.6 Å². The fourth-order valence-electron chi connectivity index (χ4n) is 0.833.